The molecule has 64 valence electrons. The molecule has 0 bridgehead atoms. The van der Waals surface area contributed by atoms with Gasteiger partial charge < -0.3 is 9.15 Å². The molecule has 1 aromatic heterocycles. The maximum atomic E-state index is 10.9. The van der Waals surface area contributed by atoms with Crippen LogP contribution in [0.3, 0.4) is 0 Å². The van der Waals surface area contributed by atoms with Gasteiger partial charge in [-0.3, -0.25) is 0 Å². The fraction of sp³-hybridized carbons (Fsp3) is 0.125. The molecule has 0 atom stereocenters. The highest BCUT2D eigenvalue weighted by atomic mass is 79.9. The van der Waals surface area contributed by atoms with Gasteiger partial charge in [-0.1, -0.05) is 0 Å². The number of halogens is 1. The number of carbonyl (C=O) groups is 1. The third-order valence-electron chi connectivity index (χ3n) is 1.19. The van der Waals surface area contributed by atoms with Crippen molar-refractivity contribution in [3.05, 3.63) is 28.6 Å². The first-order valence-electron chi connectivity index (χ1n) is 3.23. The molecule has 0 spiro atoms. The van der Waals surface area contributed by atoms with Gasteiger partial charge in [-0.2, -0.15) is 0 Å². The van der Waals surface area contributed by atoms with Crippen molar-refractivity contribution in [3.63, 3.8) is 0 Å². The average Bonchev–Trinajstić information content (AvgIpc) is 2.55. The highest BCUT2D eigenvalue weighted by Crippen LogP contribution is 2.13. The van der Waals surface area contributed by atoms with E-state index in [1.54, 1.807) is 18.2 Å². The zero-order chi connectivity index (χ0) is 8.97. The van der Waals surface area contributed by atoms with Gasteiger partial charge >= 0.3 is 5.97 Å². The Labute approximate surface area is 78.1 Å². The Kier molecular flexibility index (Phi) is 3.10. The van der Waals surface area contributed by atoms with Gasteiger partial charge in [-0.25, -0.2) is 4.79 Å². The van der Waals surface area contributed by atoms with Gasteiger partial charge in [0.1, 0.15) is 10.2 Å². The summed E-state index contributed by atoms with van der Waals surface area (Å²) in [5.41, 5.74) is 0. The van der Waals surface area contributed by atoms with E-state index < -0.39 is 5.97 Å². The fourth-order valence-electron chi connectivity index (χ4n) is 0.655. The Balaban J connectivity index is 2.76. The molecule has 1 aromatic rings. The van der Waals surface area contributed by atoms with Crippen molar-refractivity contribution < 1.29 is 13.9 Å². The van der Waals surface area contributed by atoms with E-state index in [0.717, 1.165) is 0 Å². The molecule has 4 heteroatoms. The molecule has 0 unspecified atom stereocenters. The minimum atomic E-state index is -0.425. The minimum Gasteiger partial charge on any atom is -0.465 e. The van der Waals surface area contributed by atoms with Gasteiger partial charge in [0.25, 0.3) is 0 Å². The summed E-state index contributed by atoms with van der Waals surface area (Å²) in [4.78, 5) is 10.9. The van der Waals surface area contributed by atoms with E-state index in [4.69, 9.17) is 4.42 Å². The highest BCUT2D eigenvalue weighted by Gasteiger charge is 2.05. The summed E-state index contributed by atoms with van der Waals surface area (Å²) < 4.78 is 9.78. The standard InChI is InChI=1S/C8H7BrO3/c1-11-8(10)7(9)5-6-3-2-4-12-6/h2-5H,1H3/b7-5+. The molecule has 12 heavy (non-hydrogen) atoms. The van der Waals surface area contributed by atoms with Crippen LogP contribution >= 0.6 is 15.9 Å². The molecule has 1 rings (SSSR count). The number of ether oxygens (including phenoxy) is 1. The van der Waals surface area contributed by atoms with Gasteiger partial charge in [-0.05, 0) is 28.1 Å². The maximum Gasteiger partial charge on any atom is 0.345 e. The van der Waals surface area contributed by atoms with Crippen LogP contribution in [0.15, 0.2) is 27.3 Å². The van der Waals surface area contributed by atoms with E-state index in [-0.39, 0.29) is 0 Å². The minimum absolute atomic E-state index is 0.333. The fourth-order valence-corrected chi connectivity index (χ4v) is 1.04. The van der Waals surface area contributed by atoms with Crippen molar-refractivity contribution >= 4 is 28.0 Å². The Morgan fingerprint density at radius 2 is 2.50 bits per heavy atom. The van der Waals surface area contributed by atoms with Crippen molar-refractivity contribution in [1.82, 2.24) is 0 Å². The monoisotopic (exact) mass is 230 g/mol. The number of rotatable bonds is 2. The lowest BCUT2D eigenvalue weighted by Crippen LogP contribution is -1.98. The SMILES string of the molecule is COC(=O)/C(Br)=C\c1ccco1. The van der Waals surface area contributed by atoms with Gasteiger partial charge in [0.2, 0.25) is 0 Å². The second-order valence-electron chi connectivity index (χ2n) is 2.00. The zero-order valence-electron chi connectivity index (χ0n) is 6.41. The first-order valence-corrected chi connectivity index (χ1v) is 4.02. The number of carbonyl (C=O) groups excluding carboxylic acids is 1. The van der Waals surface area contributed by atoms with Crippen molar-refractivity contribution in [3.8, 4) is 0 Å². The second kappa shape index (κ2) is 4.11. The summed E-state index contributed by atoms with van der Waals surface area (Å²) in [5, 5.41) is 0. The van der Waals surface area contributed by atoms with E-state index in [1.807, 2.05) is 0 Å². The van der Waals surface area contributed by atoms with Gasteiger partial charge in [0.05, 0.1) is 13.4 Å². The zero-order valence-corrected chi connectivity index (χ0v) is 8.00. The van der Waals surface area contributed by atoms with Crippen LogP contribution in [-0.4, -0.2) is 13.1 Å². The summed E-state index contributed by atoms with van der Waals surface area (Å²) in [6.07, 6.45) is 3.08. The van der Waals surface area contributed by atoms with E-state index in [2.05, 4.69) is 20.7 Å². The van der Waals surface area contributed by atoms with Crippen molar-refractivity contribution in [2.24, 2.45) is 0 Å². The molecule has 0 aliphatic carbocycles. The lowest BCUT2D eigenvalue weighted by Gasteiger charge is -1.94. The molecule has 0 aliphatic heterocycles. The lowest BCUT2D eigenvalue weighted by molar-refractivity contribution is -0.135. The molecule has 0 saturated carbocycles. The van der Waals surface area contributed by atoms with E-state index in [0.29, 0.717) is 10.2 Å². The molecule has 0 amide bonds. The van der Waals surface area contributed by atoms with Crippen LogP contribution in [-0.2, 0) is 9.53 Å². The van der Waals surface area contributed by atoms with Crippen LogP contribution in [0.4, 0.5) is 0 Å². The topological polar surface area (TPSA) is 39.4 Å². The Hall–Kier alpha value is -1.03. The first kappa shape index (κ1) is 9.06. The molecule has 1 heterocycles. The van der Waals surface area contributed by atoms with Crippen molar-refractivity contribution in [2.75, 3.05) is 7.11 Å². The molecule has 0 aromatic carbocycles. The van der Waals surface area contributed by atoms with E-state index in [1.165, 1.54) is 13.4 Å². The van der Waals surface area contributed by atoms with Gasteiger partial charge in [0.15, 0.2) is 0 Å². The molecule has 0 aliphatic rings. The maximum absolute atomic E-state index is 10.9. The Morgan fingerprint density at radius 1 is 1.75 bits per heavy atom. The summed E-state index contributed by atoms with van der Waals surface area (Å²) in [6.45, 7) is 0. The van der Waals surface area contributed by atoms with Crippen LogP contribution in [0, 0.1) is 0 Å². The van der Waals surface area contributed by atoms with E-state index >= 15 is 0 Å². The van der Waals surface area contributed by atoms with Crippen LogP contribution < -0.4 is 0 Å². The Morgan fingerprint density at radius 3 is 3.00 bits per heavy atom. The molecular weight excluding hydrogens is 224 g/mol. The first-order chi connectivity index (χ1) is 5.74. The van der Waals surface area contributed by atoms with Crippen molar-refractivity contribution in [2.45, 2.75) is 0 Å². The summed E-state index contributed by atoms with van der Waals surface area (Å²) in [7, 11) is 1.32. The Bertz CT molecular complexity index is 287. The normalized spacial score (nSPS) is 11.3. The number of hydrogen-bond acceptors (Lipinski definition) is 3. The number of methoxy groups -OCH3 is 1. The molecule has 0 N–H and O–H groups in total. The highest BCUT2D eigenvalue weighted by molar-refractivity contribution is 9.12. The second-order valence-corrected chi connectivity index (χ2v) is 2.85. The van der Waals surface area contributed by atoms with Crippen LogP contribution in [0.25, 0.3) is 6.08 Å². The summed E-state index contributed by atoms with van der Waals surface area (Å²) in [5.74, 6) is 0.179. The van der Waals surface area contributed by atoms with Crippen LogP contribution in [0.5, 0.6) is 0 Å². The molecular formula is C8H7BrO3. The third kappa shape index (κ3) is 2.23. The largest absolute Gasteiger partial charge is 0.465 e. The third-order valence-corrected chi connectivity index (χ3v) is 1.75. The lowest BCUT2D eigenvalue weighted by atomic mass is 10.4. The number of esters is 1. The van der Waals surface area contributed by atoms with E-state index in [9.17, 15) is 4.79 Å². The smallest absolute Gasteiger partial charge is 0.345 e. The quantitative estimate of drug-likeness (QED) is 0.578. The average molecular weight is 231 g/mol. The number of furan rings is 1. The predicted octanol–water partition coefficient (Wildman–Crippen LogP) is 2.19. The summed E-state index contributed by atoms with van der Waals surface area (Å²) >= 11 is 3.05. The van der Waals surface area contributed by atoms with Gasteiger partial charge in [0, 0.05) is 6.08 Å². The van der Waals surface area contributed by atoms with Gasteiger partial charge in [-0.15, -0.1) is 0 Å². The molecule has 0 fully saturated rings. The molecule has 3 nitrogen and oxygen atoms in total. The van der Waals surface area contributed by atoms with Crippen LogP contribution in [0.2, 0.25) is 0 Å². The molecule has 0 saturated heterocycles. The summed E-state index contributed by atoms with van der Waals surface area (Å²) in [6, 6.07) is 3.48. The van der Waals surface area contributed by atoms with Crippen LogP contribution in [0.1, 0.15) is 5.76 Å². The number of hydrogen-bond donors (Lipinski definition) is 0. The molecule has 0 radical (unpaired) electrons. The van der Waals surface area contributed by atoms with Crippen molar-refractivity contribution in [1.29, 1.82) is 0 Å². The predicted molar refractivity (Wildman–Crippen MR) is 47.6 cm³/mol.